The molecule has 3 rings (SSSR count). The Kier molecular flexibility index (Phi) is 3.98. The average molecular weight is 282 g/mol. The number of hydrogen-bond donors (Lipinski definition) is 0. The number of aryl methyl sites for hydroxylation is 1. The molecule has 20 heavy (non-hydrogen) atoms. The molecule has 0 fully saturated rings. The van der Waals surface area contributed by atoms with Crippen LogP contribution >= 0.6 is 11.6 Å². The molecule has 0 radical (unpaired) electrons. The predicted molar refractivity (Wildman–Crippen MR) is 85.1 cm³/mol. The highest BCUT2D eigenvalue weighted by atomic mass is 35.5. The van der Waals surface area contributed by atoms with Crippen LogP contribution in [0.25, 0.3) is 10.9 Å². The summed E-state index contributed by atoms with van der Waals surface area (Å²) in [5, 5.41) is 1.29. The van der Waals surface area contributed by atoms with Crippen molar-refractivity contribution < 1.29 is 0 Å². The molecule has 0 amide bonds. The van der Waals surface area contributed by atoms with Gasteiger partial charge in [-0.3, -0.25) is 4.98 Å². The zero-order valence-electron chi connectivity index (χ0n) is 11.2. The Morgan fingerprint density at radius 3 is 2.60 bits per heavy atom. The molecule has 3 aromatic rings. The second-order valence-electron chi connectivity index (χ2n) is 4.90. The van der Waals surface area contributed by atoms with Crippen LogP contribution in [0.15, 0.2) is 66.9 Å². The molecule has 1 nitrogen and oxygen atoms in total. The van der Waals surface area contributed by atoms with Gasteiger partial charge in [0.15, 0.2) is 0 Å². The van der Waals surface area contributed by atoms with Crippen molar-refractivity contribution in [2.45, 2.75) is 18.2 Å². The maximum Gasteiger partial charge on any atom is 0.0704 e. The molecule has 0 aliphatic carbocycles. The molecule has 0 bridgehead atoms. The minimum atomic E-state index is 0.0585. The number of alkyl halides is 1. The first kappa shape index (κ1) is 13.1. The average Bonchev–Trinajstić information content (AvgIpc) is 2.53. The summed E-state index contributed by atoms with van der Waals surface area (Å²) < 4.78 is 0. The van der Waals surface area contributed by atoms with Crippen LogP contribution in [-0.4, -0.2) is 4.98 Å². The standard InChI is InChI=1S/C18H16ClN/c19-17(15-6-2-1-3-7-15)12-11-14-8-4-10-18-16(14)9-5-13-20-18/h1-10,13,17H,11-12H2. The zero-order chi connectivity index (χ0) is 13.8. The van der Waals surface area contributed by atoms with E-state index < -0.39 is 0 Å². The zero-order valence-corrected chi connectivity index (χ0v) is 11.9. The maximum absolute atomic E-state index is 6.49. The Morgan fingerprint density at radius 1 is 0.900 bits per heavy atom. The Morgan fingerprint density at radius 2 is 1.75 bits per heavy atom. The molecule has 1 aromatic heterocycles. The third-order valence-electron chi connectivity index (χ3n) is 3.56. The normalized spacial score (nSPS) is 12.4. The molecule has 0 aliphatic heterocycles. The topological polar surface area (TPSA) is 12.9 Å². The summed E-state index contributed by atoms with van der Waals surface area (Å²) >= 11 is 6.49. The van der Waals surface area contributed by atoms with Crippen molar-refractivity contribution in [3.63, 3.8) is 0 Å². The monoisotopic (exact) mass is 281 g/mol. The lowest BCUT2D eigenvalue weighted by atomic mass is 10.0. The lowest BCUT2D eigenvalue weighted by molar-refractivity contribution is 0.797. The van der Waals surface area contributed by atoms with Crippen molar-refractivity contribution in [2.75, 3.05) is 0 Å². The summed E-state index contributed by atoms with van der Waals surface area (Å²) in [6.45, 7) is 0. The highest BCUT2D eigenvalue weighted by Crippen LogP contribution is 2.27. The SMILES string of the molecule is ClC(CCc1cccc2ncccc12)c1ccccc1. The quantitative estimate of drug-likeness (QED) is 0.603. The highest BCUT2D eigenvalue weighted by molar-refractivity contribution is 6.20. The number of benzene rings is 2. The van der Waals surface area contributed by atoms with E-state index in [9.17, 15) is 0 Å². The molecule has 1 heterocycles. The van der Waals surface area contributed by atoms with Gasteiger partial charge in [-0.15, -0.1) is 11.6 Å². The van der Waals surface area contributed by atoms with Crippen LogP contribution in [0, 0.1) is 0 Å². The molecule has 1 unspecified atom stereocenters. The Hall–Kier alpha value is -1.86. The van der Waals surface area contributed by atoms with Crippen molar-refractivity contribution in [2.24, 2.45) is 0 Å². The second kappa shape index (κ2) is 6.06. The van der Waals surface area contributed by atoms with Gasteiger partial charge in [-0.25, -0.2) is 0 Å². The Bertz CT molecular complexity index is 689. The third kappa shape index (κ3) is 2.83. The number of nitrogens with zero attached hydrogens (tertiary/aromatic N) is 1. The molecule has 2 aromatic carbocycles. The minimum Gasteiger partial charge on any atom is -0.256 e. The largest absolute Gasteiger partial charge is 0.256 e. The van der Waals surface area contributed by atoms with Crippen LogP contribution in [-0.2, 0) is 6.42 Å². The number of aromatic nitrogens is 1. The van der Waals surface area contributed by atoms with Crippen molar-refractivity contribution >= 4 is 22.5 Å². The number of pyridine rings is 1. The van der Waals surface area contributed by atoms with Gasteiger partial charge < -0.3 is 0 Å². The van der Waals surface area contributed by atoms with Crippen LogP contribution in [0.5, 0.6) is 0 Å². The molecule has 0 N–H and O–H groups in total. The number of fused-ring (bicyclic) bond motifs is 1. The van der Waals surface area contributed by atoms with Gasteiger partial charge in [-0.1, -0.05) is 48.5 Å². The van der Waals surface area contributed by atoms with Gasteiger partial charge in [-0.05, 0) is 36.1 Å². The van der Waals surface area contributed by atoms with Crippen LogP contribution in [0.3, 0.4) is 0 Å². The van der Waals surface area contributed by atoms with E-state index in [1.54, 1.807) is 0 Å². The van der Waals surface area contributed by atoms with Gasteiger partial charge >= 0.3 is 0 Å². The van der Waals surface area contributed by atoms with Crippen LogP contribution in [0.4, 0.5) is 0 Å². The summed E-state index contributed by atoms with van der Waals surface area (Å²) in [7, 11) is 0. The molecule has 2 heteroatoms. The minimum absolute atomic E-state index is 0.0585. The van der Waals surface area contributed by atoms with E-state index in [4.69, 9.17) is 11.6 Å². The van der Waals surface area contributed by atoms with E-state index in [1.165, 1.54) is 16.5 Å². The van der Waals surface area contributed by atoms with E-state index in [2.05, 4.69) is 35.3 Å². The fraction of sp³-hybridized carbons (Fsp3) is 0.167. The fourth-order valence-corrected chi connectivity index (χ4v) is 2.75. The molecule has 0 saturated carbocycles. The van der Waals surface area contributed by atoms with Gasteiger partial charge in [0, 0.05) is 11.6 Å². The molecule has 0 aliphatic rings. The third-order valence-corrected chi connectivity index (χ3v) is 4.03. The van der Waals surface area contributed by atoms with Crippen molar-refractivity contribution in [1.29, 1.82) is 0 Å². The van der Waals surface area contributed by atoms with Gasteiger partial charge in [0.25, 0.3) is 0 Å². The van der Waals surface area contributed by atoms with E-state index in [0.717, 1.165) is 18.4 Å². The molecular formula is C18H16ClN. The molecular weight excluding hydrogens is 266 g/mol. The highest BCUT2D eigenvalue weighted by Gasteiger charge is 2.09. The summed E-state index contributed by atoms with van der Waals surface area (Å²) in [6.07, 6.45) is 3.73. The molecule has 1 atom stereocenters. The van der Waals surface area contributed by atoms with Crippen molar-refractivity contribution in [3.05, 3.63) is 78.0 Å². The summed E-state index contributed by atoms with van der Waals surface area (Å²) in [5.41, 5.74) is 3.56. The Labute approximate surface area is 124 Å². The lowest BCUT2D eigenvalue weighted by Gasteiger charge is -2.11. The van der Waals surface area contributed by atoms with E-state index >= 15 is 0 Å². The molecule has 100 valence electrons. The van der Waals surface area contributed by atoms with Gasteiger partial charge in [-0.2, -0.15) is 0 Å². The van der Waals surface area contributed by atoms with E-state index in [0.29, 0.717) is 0 Å². The van der Waals surface area contributed by atoms with E-state index in [1.807, 2.05) is 36.5 Å². The van der Waals surface area contributed by atoms with Crippen LogP contribution in [0.2, 0.25) is 0 Å². The van der Waals surface area contributed by atoms with Crippen molar-refractivity contribution in [3.8, 4) is 0 Å². The first-order chi connectivity index (χ1) is 9.84. The van der Waals surface area contributed by atoms with Gasteiger partial charge in [0.2, 0.25) is 0 Å². The lowest BCUT2D eigenvalue weighted by Crippen LogP contribution is -1.95. The Balaban J connectivity index is 1.77. The van der Waals surface area contributed by atoms with Gasteiger partial charge in [0.05, 0.1) is 10.9 Å². The first-order valence-electron chi connectivity index (χ1n) is 6.86. The fourth-order valence-electron chi connectivity index (χ4n) is 2.50. The smallest absolute Gasteiger partial charge is 0.0704 e. The summed E-state index contributed by atoms with van der Waals surface area (Å²) in [6, 6.07) is 20.7. The number of hydrogen-bond acceptors (Lipinski definition) is 1. The maximum atomic E-state index is 6.49. The first-order valence-corrected chi connectivity index (χ1v) is 7.30. The molecule has 0 saturated heterocycles. The van der Waals surface area contributed by atoms with E-state index in [-0.39, 0.29) is 5.38 Å². The van der Waals surface area contributed by atoms with Crippen LogP contribution < -0.4 is 0 Å². The van der Waals surface area contributed by atoms with Crippen molar-refractivity contribution in [1.82, 2.24) is 4.98 Å². The molecule has 0 spiro atoms. The number of rotatable bonds is 4. The summed E-state index contributed by atoms with van der Waals surface area (Å²) in [5.74, 6) is 0. The summed E-state index contributed by atoms with van der Waals surface area (Å²) in [4.78, 5) is 4.39. The predicted octanol–water partition coefficient (Wildman–Crippen LogP) is 5.15. The van der Waals surface area contributed by atoms with Crippen LogP contribution in [0.1, 0.15) is 22.9 Å². The second-order valence-corrected chi connectivity index (χ2v) is 5.43. The number of halogens is 1. The van der Waals surface area contributed by atoms with Gasteiger partial charge in [0.1, 0.15) is 0 Å².